The molecule has 0 radical (unpaired) electrons. The Morgan fingerprint density at radius 2 is 2.53 bits per heavy atom. The van der Waals surface area contributed by atoms with E-state index in [9.17, 15) is 0 Å². The summed E-state index contributed by atoms with van der Waals surface area (Å²) in [7, 11) is 0. The Morgan fingerprint density at radius 3 is 3.13 bits per heavy atom. The van der Waals surface area contributed by atoms with Crippen molar-refractivity contribution < 1.29 is 5.11 Å². The highest BCUT2D eigenvalue weighted by atomic mass is 16.2. The molecule has 1 rings (SSSR count). The first-order valence-corrected chi connectivity index (χ1v) is 5.26. The second-order valence-electron chi connectivity index (χ2n) is 3.66. The van der Waals surface area contributed by atoms with Gasteiger partial charge in [-0.2, -0.15) is 5.10 Å². The fraction of sp³-hybridized carbons (Fsp3) is 0.545. The lowest BCUT2D eigenvalue weighted by Gasteiger charge is -2.11. The topological polar surface area (TPSA) is 50.1 Å². The predicted molar refractivity (Wildman–Crippen MR) is 61.2 cm³/mol. The van der Waals surface area contributed by atoms with Gasteiger partial charge in [-0.05, 0) is 19.8 Å². The highest BCUT2D eigenvalue weighted by Crippen LogP contribution is 2.00. The molecule has 0 amide bonds. The van der Waals surface area contributed by atoms with Gasteiger partial charge in [0.15, 0.2) is 0 Å². The highest BCUT2D eigenvalue weighted by molar-refractivity contribution is 5.17. The van der Waals surface area contributed by atoms with Crippen LogP contribution in [0.25, 0.3) is 6.20 Å². The molecule has 15 heavy (non-hydrogen) atoms. The summed E-state index contributed by atoms with van der Waals surface area (Å²) in [5.41, 5.74) is 1.14. The van der Waals surface area contributed by atoms with Gasteiger partial charge in [0.25, 0.3) is 0 Å². The van der Waals surface area contributed by atoms with Gasteiger partial charge in [0.05, 0.1) is 6.20 Å². The highest BCUT2D eigenvalue weighted by Gasteiger charge is 2.02. The van der Waals surface area contributed by atoms with E-state index in [0.717, 1.165) is 24.9 Å². The molecule has 1 unspecified atom stereocenters. The molecular weight excluding hydrogens is 190 g/mol. The first-order chi connectivity index (χ1) is 7.26. The number of hydrogen-bond donors (Lipinski definition) is 2. The van der Waals surface area contributed by atoms with Crippen molar-refractivity contribution in [1.82, 2.24) is 15.1 Å². The monoisotopic (exact) mass is 209 g/mol. The average Bonchev–Trinajstić information content (AvgIpc) is 2.71. The number of aromatic nitrogens is 2. The third-order valence-corrected chi connectivity index (χ3v) is 2.29. The standard InChI is InChI=1S/C11H19N3O/c1-3-14-9-11(8-13-14)7-12-10(2)5-4-6-15/h3,8-10,12,15H,1,4-7H2,2H3. The maximum Gasteiger partial charge on any atom is 0.0538 e. The maximum atomic E-state index is 8.68. The minimum atomic E-state index is 0.264. The van der Waals surface area contributed by atoms with Crippen LogP contribution in [-0.2, 0) is 6.54 Å². The molecule has 0 bridgehead atoms. The van der Waals surface area contributed by atoms with Crippen LogP contribution in [0.2, 0.25) is 0 Å². The molecule has 0 fully saturated rings. The van der Waals surface area contributed by atoms with E-state index in [1.165, 1.54) is 0 Å². The molecule has 0 spiro atoms. The van der Waals surface area contributed by atoms with Gasteiger partial charge in [-0.1, -0.05) is 6.58 Å². The number of aliphatic hydroxyl groups excluding tert-OH is 1. The fourth-order valence-corrected chi connectivity index (χ4v) is 1.36. The molecule has 0 saturated carbocycles. The van der Waals surface area contributed by atoms with Crippen molar-refractivity contribution in [3.05, 3.63) is 24.5 Å². The van der Waals surface area contributed by atoms with Crippen molar-refractivity contribution in [3.8, 4) is 0 Å². The predicted octanol–water partition coefficient (Wildman–Crippen LogP) is 1.23. The van der Waals surface area contributed by atoms with E-state index in [2.05, 4.69) is 23.9 Å². The molecule has 1 heterocycles. The van der Waals surface area contributed by atoms with Crippen LogP contribution in [0.4, 0.5) is 0 Å². The van der Waals surface area contributed by atoms with Crippen molar-refractivity contribution in [2.24, 2.45) is 0 Å². The molecule has 0 aliphatic heterocycles. The van der Waals surface area contributed by atoms with Crippen molar-refractivity contribution in [2.45, 2.75) is 32.4 Å². The van der Waals surface area contributed by atoms with Gasteiger partial charge >= 0.3 is 0 Å². The SMILES string of the molecule is C=Cn1cc(CNC(C)CCCO)cn1. The zero-order valence-corrected chi connectivity index (χ0v) is 9.19. The van der Waals surface area contributed by atoms with E-state index in [0.29, 0.717) is 6.04 Å². The summed E-state index contributed by atoms with van der Waals surface area (Å²) in [6.45, 7) is 6.82. The molecule has 2 N–H and O–H groups in total. The Hall–Kier alpha value is -1.13. The van der Waals surface area contributed by atoms with E-state index < -0.39 is 0 Å². The molecule has 4 nitrogen and oxygen atoms in total. The smallest absolute Gasteiger partial charge is 0.0538 e. The molecule has 1 atom stereocenters. The number of aliphatic hydroxyl groups is 1. The van der Waals surface area contributed by atoms with Crippen LogP contribution >= 0.6 is 0 Å². The molecular formula is C11H19N3O. The first kappa shape index (κ1) is 11.9. The van der Waals surface area contributed by atoms with Gasteiger partial charge in [0.2, 0.25) is 0 Å². The Bertz CT molecular complexity index is 296. The lowest BCUT2D eigenvalue weighted by Crippen LogP contribution is -2.25. The van der Waals surface area contributed by atoms with E-state index in [4.69, 9.17) is 5.11 Å². The molecule has 4 heteroatoms. The van der Waals surface area contributed by atoms with Crippen molar-refractivity contribution in [3.63, 3.8) is 0 Å². The van der Waals surface area contributed by atoms with Crippen LogP contribution in [0.1, 0.15) is 25.3 Å². The molecule has 0 saturated heterocycles. The number of hydrogen-bond acceptors (Lipinski definition) is 3. The van der Waals surface area contributed by atoms with Crippen LogP contribution in [0.3, 0.4) is 0 Å². The first-order valence-electron chi connectivity index (χ1n) is 5.26. The zero-order valence-electron chi connectivity index (χ0n) is 9.19. The second kappa shape index (κ2) is 6.37. The number of nitrogens with one attached hydrogen (secondary N) is 1. The number of rotatable bonds is 7. The van der Waals surface area contributed by atoms with Gasteiger partial charge in [-0.3, -0.25) is 0 Å². The van der Waals surface area contributed by atoms with Gasteiger partial charge < -0.3 is 10.4 Å². The second-order valence-corrected chi connectivity index (χ2v) is 3.66. The quantitative estimate of drug-likeness (QED) is 0.710. The third kappa shape index (κ3) is 4.27. The summed E-state index contributed by atoms with van der Waals surface area (Å²) in [6, 6.07) is 0.421. The Morgan fingerprint density at radius 1 is 1.73 bits per heavy atom. The molecule has 1 aromatic heterocycles. The van der Waals surface area contributed by atoms with E-state index in [-0.39, 0.29) is 6.61 Å². The normalized spacial score (nSPS) is 12.7. The third-order valence-electron chi connectivity index (χ3n) is 2.29. The lowest BCUT2D eigenvalue weighted by atomic mass is 10.2. The Kier molecular flexibility index (Phi) is 5.07. The summed E-state index contributed by atoms with van der Waals surface area (Å²) >= 11 is 0. The van der Waals surface area contributed by atoms with Crippen LogP contribution < -0.4 is 5.32 Å². The molecule has 0 aromatic carbocycles. The van der Waals surface area contributed by atoms with Crippen LogP contribution in [0.15, 0.2) is 19.0 Å². The number of nitrogens with zero attached hydrogens (tertiary/aromatic N) is 2. The van der Waals surface area contributed by atoms with Gasteiger partial charge in [0.1, 0.15) is 0 Å². The average molecular weight is 209 g/mol. The van der Waals surface area contributed by atoms with Crippen LogP contribution in [0.5, 0.6) is 0 Å². The zero-order chi connectivity index (χ0) is 11.1. The van der Waals surface area contributed by atoms with E-state index in [1.54, 1.807) is 10.9 Å². The van der Waals surface area contributed by atoms with Gasteiger partial charge in [0, 0.05) is 37.2 Å². The van der Waals surface area contributed by atoms with Crippen molar-refractivity contribution >= 4 is 6.20 Å². The van der Waals surface area contributed by atoms with Gasteiger partial charge in [-0.25, -0.2) is 4.68 Å². The summed E-state index contributed by atoms with van der Waals surface area (Å²) in [6.07, 6.45) is 7.27. The van der Waals surface area contributed by atoms with Crippen molar-refractivity contribution in [2.75, 3.05) is 6.61 Å². The van der Waals surface area contributed by atoms with Crippen LogP contribution in [-0.4, -0.2) is 27.5 Å². The largest absolute Gasteiger partial charge is 0.396 e. The molecule has 0 aliphatic carbocycles. The molecule has 84 valence electrons. The minimum absolute atomic E-state index is 0.264. The van der Waals surface area contributed by atoms with Crippen molar-refractivity contribution in [1.29, 1.82) is 0 Å². The summed E-state index contributed by atoms with van der Waals surface area (Å²) in [5, 5.41) is 16.1. The maximum absolute atomic E-state index is 8.68. The Balaban J connectivity index is 2.26. The van der Waals surface area contributed by atoms with E-state index in [1.807, 2.05) is 12.4 Å². The van der Waals surface area contributed by atoms with Gasteiger partial charge in [-0.15, -0.1) is 0 Å². The molecule has 0 aliphatic rings. The Labute approximate surface area is 90.6 Å². The summed E-state index contributed by atoms with van der Waals surface area (Å²) < 4.78 is 1.69. The minimum Gasteiger partial charge on any atom is -0.396 e. The van der Waals surface area contributed by atoms with E-state index >= 15 is 0 Å². The van der Waals surface area contributed by atoms with Crippen LogP contribution in [0, 0.1) is 0 Å². The summed E-state index contributed by atoms with van der Waals surface area (Å²) in [5.74, 6) is 0. The molecule has 1 aromatic rings. The lowest BCUT2D eigenvalue weighted by molar-refractivity contribution is 0.276. The fourth-order valence-electron chi connectivity index (χ4n) is 1.36. The summed E-state index contributed by atoms with van der Waals surface area (Å²) in [4.78, 5) is 0.